The van der Waals surface area contributed by atoms with E-state index in [-0.39, 0.29) is 18.1 Å². The van der Waals surface area contributed by atoms with Crippen molar-refractivity contribution in [2.75, 3.05) is 19.7 Å². The van der Waals surface area contributed by atoms with E-state index in [1.165, 1.54) is 12.8 Å². The molecule has 0 spiro atoms. The number of likely N-dealkylation sites (tertiary alicyclic amines) is 1. The first-order valence-corrected chi connectivity index (χ1v) is 7.62. The molecule has 4 nitrogen and oxygen atoms in total. The van der Waals surface area contributed by atoms with Crippen LogP contribution in [-0.2, 0) is 9.53 Å². The lowest BCUT2D eigenvalue weighted by Gasteiger charge is -2.39. The van der Waals surface area contributed by atoms with Crippen LogP contribution in [0.25, 0.3) is 0 Å². The van der Waals surface area contributed by atoms with Gasteiger partial charge in [-0.25, -0.2) is 0 Å². The van der Waals surface area contributed by atoms with Gasteiger partial charge in [0.1, 0.15) is 6.04 Å². The number of hydrogen-bond acceptors (Lipinski definition) is 4. The first-order chi connectivity index (χ1) is 8.95. The Morgan fingerprint density at radius 2 is 2.11 bits per heavy atom. The van der Waals surface area contributed by atoms with Gasteiger partial charge >= 0.3 is 5.97 Å². The highest BCUT2D eigenvalue weighted by molar-refractivity contribution is 5.76. The molecule has 4 heteroatoms. The molecule has 0 aromatic rings. The topological polar surface area (TPSA) is 41.6 Å². The molecule has 1 saturated heterocycles. The van der Waals surface area contributed by atoms with Crippen molar-refractivity contribution in [2.24, 2.45) is 5.92 Å². The van der Waals surface area contributed by atoms with Gasteiger partial charge < -0.3 is 10.1 Å². The fraction of sp³-hybridized carbons (Fsp3) is 0.933. The molecule has 0 amide bonds. The van der Waals surface area contributed by atoms with Crippen molar-refractivity contribution >= 4 is 5.97 Å². The van der Waals surface area contributed by atoms with Gasteiger partial charge in [-0.15, -0.1) is 0 Å². The van der Waals surface area contributed by atoms with Gasteiger partial charge in [-0.05, 0) is 39.2 Å². The molecule has 0 aliphatic carbocycles. The van der Waals surface area contributed by atoms with Crippen molar-refractivity contribution in [1.29, 1.82) is 0 Å². The molecule has 0 aromatic carbocycles. The van der Waals surface area contributed by atoms with E-state index in [2.05, 4.69) is 37.9 Å². The third-order valence-corrected chi connectivity index (χ3v) is 4.03. The Labute approximate surface area is 117 Å². The molecule has 0 saturated carbocycles. The number of carbonyl (C=O) groups is 1. The maximum atomic E-state index is 12.0. The van der Waals surface area contributed by atoms with E-state index in [1.54, 1.807) is 0 Å². The van der Waals surface area contributed by atoms with Gasteiger partial charge in [0, 0.05) is 18.6 Å². The number of nitrogens with zero attached hydrogens (tertiary/aromatic N) is 1. The minimum atomic E-state index is -0.215. The number of rotatable bonds is 6. The van der Waals surface area contributed by atoms with E-state index in [0.29, 0.717) is 18.6 Å². The largest absolute Gasteiger partial charge is 0.465 e. The second-order valence-electron chi connectivity index (χ2n) is 5.98. The molecule has 0 radical (unpaired) electrons. The van der Waals surface area contributed by atoms with E-state index < -0.39 is 0 Å². The highest BCUT2D eigenvalue weighted by Crippen LogP contribution is 2.22. The summed E-state index contributed by atoms with van der Waals surface area (Å²) in [5.74, 6) is 0.581. The van der Waals surface area contributed by atoms with Crippen LogP contribution in [0.2, 0.25) is 0 Å². The molecule has 1 aliphatic rings. The van der Waals surface area contributed by atoms with E-state index >= 15 is 0 Å². The number of piperidine rings is 1. The number of ether oxygens (including phenoxy) is 1. The van der Waals surface area contributed by atoms with Crippen molar-refractivity contribution < 1.29 is 9.53 Å². The Kier molecular flexibility index (Phi) is 6.80. The minimum absolute atomic E-state index is 0.123. The molecule has 1 rings (SSSR count). The highest BCUT2D eigenvalue weighted by Gasteiger charge is 2.30. The Morgan fingerprint density at radius 3 is 2.68 bits per heavy atom. The van der Waals surface area contributed by atoms with E-state index in [0.717, 1.165) is 13.1 Å². The second-order valence-corrected chi connectivity index (χ2v) is 5.98. The van der Waals surface area contributed by atoms with Gasteiger partial charge in [-0.2, -0.15) is 0 Å². The van der Waals surface area contributed by atoms with Gasteiger partial charge in [0.15, 0.2) is 0 Å². The SMILES string of the molecule is CCOC(=O)C(CN1CCCC(C)C1C)NC(C)C. The molecule has 1 heterocycles. The van der Waals surface area contributed by atoms with Gasteiger partial charge in [0.25, 0.3) is 0 Å². The minimum Gasteiger partial charge on any atom is -0.465 e. The Bertz CT molecular complexity index is 281. The fourth-order valence-corrected chi connectivity index (χ4v) is 2.75. The quantitative estimate of drug-likeness (QED) is 0.750. The average Bonchev–Trinajstić information content (AvgIpc) is 2.33. The summed E-state index contributed by atoms with van der Waals surface area (Å²) in [6.45, 7) is 12.8. The van der Waals surface area contributed by atoms with E-state index in [4.69, 9.17) is 4.74 Å². The molecule has 1 aliphatic heterocycles. The van der Waals surface area contributed by atoms with Crippen LogP contribution < -0.4 is 5.32 Å². The molecule has 1 fully saturated rings. The molecule has 0 bridgehead atoms. The van der Waals surface area contributed by atoms with Crippen LogP contribution >= 0.6 is 0 Å². The summed E-state index contributed by atoms with van der Waals surface area (Å²) < 4.78 is 5.18. The maximum absolute atomic E-state index is 12.0. The van der Waals surface area contributed by atoms with E-state index in [1.807, 2.05) is 6.92 Å². The first kappa shape index (κ1) is 16.4. The predicted molar refractivity (Wildman–Crippen MR) is 78.1 cm³/mol. The molecule has 1 N–H and O–H groups in total. The molecular weight excluding hydrogens is 240 g/mol. The number of hydrogen-bond donors (Lipinski definition) is 1. The number of carbonyl (C=O) groups excluding carboxylic acids is 1. The molecule has 112 valence electrons. The Morgan fingerprint density at radius 1 is 1.42 bits per heavy atom. The van der Waals surface area contributed by atoms with Crippen LogP contribution in [0.4, 0.5) is 0 Å². The standard InChI is InChI=1S/C15H30N2O2/c1-6-19-15(18)14(16-11(2)3)10-17-9-7-8-12(4)13(17)5/h11-14,16H,6-10H2,1-5H3. The maximum Gasteiger partial charge on any atom is 0.324 e. The second kappa shape index (κ2) is 7.85. The van der Waals surface area contributed by atoms with Crippen LogP contribution in [0.15, 0.2) is 0 Å². The smallest absolute Gasteiger partial charge is 0.324 e. The molecule has 3 unspecified atom stereocenters. The lowest BCUT2D eigenvalue weighted by molar-refractivity contribution is -0.146. The normalized spacial score (nSPS) is 26.4. The van der Waals surface area contributed by atoms with Crippen molar-refractivity contribution in [3.05, 3.63) is 0 Å². The summed E-state index contributed by atoms with van der Waals surface area (Å²) in [6, 6.07) is 0.610. The van der Waals surface area contributed by atoms with Crippen LogP contribution in [-0.4, -0.2) is 48.7 Å². The third-order valence-electron chi connectivity index (χ3n) is 4.03. The van der Waals surface area contributed by atoms with Gasteiger partial charge in [-0.1, -0.05) is 20.8 Å². The lowest BCUT2D eigenvalue weighted by atomic mass is 9.91. The van der Waals surface area contributed by atoms with Gasteiger partial charge in [0.05, 0.1) is 6.61 Å². The average molecular weight is 270 g/mol. The summed E-state index contributed by atoms with van der Waals surface area (Å²) in [5.41, 5.74) is 0. The van der Waals surface area contributed by atoms with Crippen molar-refractivity contribution in [3.63, 3.8) is 0 Å². The van der Waals surface area contributed by atoms with Crippen molar-refractivity contribution in [1.82, 2.24) is 10.2 Å². The van der Waals surface area contributed by atoms with Gasteiger partial charge in [-0.3, -0.25) is 9.69 Å². The molecule has 3 atom stereocenters. The molecule has 0 aromatic heterocycles. The van der Waals surface area contributed by atoms with Crippen LogP contribution in [0, 0.1) is 5.92 Å². The highest BCUT2D eigenvalue weighted by atomic mass is 16.5. The zero-order valence-electron chi connectivity index (χ0n) is 13.1. The van der Waals surface area contributed by atoms with Crippen molar-refractivity contribution in [2.45, 2.75) is 65.6 Å². The Balaban J connectivity index is 2.62. The van der Waals surface area contributed by atoms with Crippen LogP contribution in [0.1, 0.15) is 47.5 Å². The van der Waals surface area contributed by atoms with Gasteiger partial charge in [0.2, 0.25) is 0 Å². The van der Waals surface area contributed by atoms with E-state index in [9.17, 15) is 4.79 Å². The zero-order chi connectivity index (χ0) is 14.4. The third kappa shape index (κ3) is 5.11. The zero-order valence-corrected chi connectivity index (χ0v) is 13.1. The lowest BCUT2D eigenvalue weighted by Crippen LogP contribution is -2.53. The first-order valence-electron chi connectivity index (χ1n) is 7.62. The molecule has 19 heavy (non-hydrogen) atoms. The summed E-state index contributed by atoms with van der Waals surface area (Å²) >= 11 is 0. The summed E-state index contributed by atoms with van der Waals surface area (Å²) in [7, 11) is 0. The monoisotopic (exact) mass is 270 g/mol. The predicted octanol–water partition coefficient (Wildman–Crippen LogP) is 2.04. The van der Waals surface area contributed by atoms with Crippen LogP contribution in [0.3, 0.4) is 0 Å². The number of esters is 1. The van der Waals surface area contributed by atoms with Crippen molar-refractivity contribution in [3.8, 4) is 0 Å². The molecular formula is C15H30N2O2. The number of nitrogens with one attached hydrogen (secondary N) is 1. The summed E-state index contributed by atoms with van der Waals surface area (Å²) in [4.78, 5) is 14.5. The summed E-state index contributed by atoms with van der Waals surface area (Å²) in [5, 5.41) is 3.33. The van der Waals surface area contributed by atoms with Crippen LogP contribution in [0.5, 0.6) is 0 Å². The Hall–Kier alpha value is -0.610. The summed E-state index contributed by atoms with van der Waals surface area (Å²) in [6.07, 6.45) is 2.52. The fourth-order valence-electron chi connectivity index (χ4n) is 2.75.